The number of fused-ring (bicyclic) bond motifs is 1. The van der Waals surface area contributed by atoms with Gasteiger partial charge in [0.25, 0.3) is 5.91 Å². The van der Waals surface area contributed by atoms with E-state index in [1.165, 1.54) is 10.7 Å². The topological polar surface area (TPSA) is 93.5 Å². The Morgan fingerprint density at radius 3 is 2.56 bits per heavy atom. The lowest BCUT2D eigenvalue weighted by atomic mass is 9.94. The molecule has 0 saturated carbocycles. The van der Waals surface area contributed by atoms with Crippen LogP contribution in [0.4, 0.5) is 0 Å². The Morgan fingerprint density at radius 2 is 1.85 bits per heavy atom. The van der Waals surface area contributed by atoms with Crippen LogP contribution in [0.15, 0.2) is 65.1 Å². The smallest absolute Gasteiger partial charge is 0.358 e. The number of hydrogen-bond acceptors (Lipinski definition) is 5. The van der Waals surface area contributed by atoms with E-state index in [9.17, 15) is 14.4 Å². The molecule has 1 aliphatic rings. The molecule has 1 aromatic heterocycles. The van der Waals surface area contributed by atoms with E-state index in [2.05, 4.69) is 26.3 Å². The highest BCUT2D eigenvalue weighted by atomic mass is 79.9. The fourth-order valence-corrected chi connectivity index (χ4v) is 4.37. The summed E-state index contributed by atoms with van der Waals surface area (Å²) in [5.74, 6) is -1.30. The molecule has 0 unspecified atom stereocenters. The van der Waals surface area contributed by atoms with Crippen molar-refractivity contribution in [3.63, 3.8) is 0 Å². The predicted octanol–water partition coefficient (Wildman–Crippen LogP) is 3.55. The fourth-order valence-electron chi connectivity index (χ4n) is 3.96. The van der Waals surface area contributed by atoms with Crippen LogP contribution < -0.4 is 5.32 Å². The molecule has 0 saturated heterocycles. The van der Waals surface area contributed by atoms with E-state index >= 15 is 0 Å². The molecular formula is C25H25BrN4O4. The highest BCUT2D eigenvalue weighted by Gasteiger charge is 2.48. The molecule has 0 bridgehead atoms. The van der Waals surface area contributed by atoms with Gasteiger partial charge in [0.1, 0.15) is 11.2 Å². The molecule has 2 heterocycles. The third-order valence-electron chi connectivity index (χ3n) is 5.85. The SMILES string of the molecule is CCOC(=O)c1cc2n(n1)C[C@](C)(C(=O)NCc1ccccc1)N(Cc1ccccc1Br)C2=O. The maximum absolute atomic E-state index is 13.6. The fraction of sp³-hybridized carbons (Fsp3) is 0.280. The van der Waals surface area contributed by atoms with Gasteiger partial charge in [0, 0.05) is 23.6 Å². The molecule has 3 aromatic rings. The Labute approximate surface area is 206 Å². The largest absolute Gasteiger partial charge is 0.461 e. The minimum atomic E-state index is -1.24. The number of nitrogens with one attached hydrogen (secondary N) is 1. The van der Waals surface area contributed by atoms with Crippen LogP contribution in [-0.4, -0.2) is 44.6 Å². The molecule has 8 nitrogen and oxygen atoms in total. The van der Waals surface area contributed by atoms with E-state index in [1.807, 2.05) is 54.6 Å². The minimum Gasteiger partial charge on any atom is -0.461 e. The van der Waals surface area contributed by atoms with Gasteiger partial charge in [-0.15, -0.1) is 0 Å². The highest BCUT2D eigenvalue weighted by Crippen LogP contribution is 2.31. The Bertz CT molecular complexity index is 1230. The molecule has 0 spiro atoms. The number of esters is 1. The average molecular weight is 525 g/mol. The summed E-state index contributed by atoms with van der Waals surface area (Å²) in [5.41, 5.74) is 0.842. The second kappa shape index (κ2) is 9.80. The number of benzene rings is 2. The molecule has 1 aliphatic heterocycles. The number of rotatable bonds is 7. The van der Waals surface area contributed by atoms with Gasteiger partial charge >= 0.3 is 5.97 Å². The van der Waals surface area contributed by atoms with Crippen LogP contribution >= 0.6 is 15.9 Å². The zero-order valence-electron chi connectivity index (χ0n) is 19.0. The third-order valence-corrected chi connectivity index (χ3v) is 6.63. The van der Waals surface area contributed by atoms with Gasteiger partial charge in [-0.05, 0) is 31.0 Å². The summed E-state index contributed by atoms with van der Waals surface area (Å²) in [5, 5.41) is 7.24. The van der Waals surface area contributed by atoms with Crippen molar-refractivity contribution >= 4 is 33.7 Å². The average Bonchev–Trinajstić information content (AvgIpc) is 3.26. The molecule has 0 aliphatic carbocycles. The molecule has 1 atom stereocenters. The normalized spacial score (nSPS) is 17.3. The Morgan fingerprint density at radius 1 is 1.15 bits per heavy atom. The summed E-state index contributed by atoms with van der Waals surface area (Å²) >= 11 is 3.53. The van der Waals surface area contributed by atoms with Crippen molar-refractivity contribution in [1.82, 2.24) is 20.0 Å². The van der Waals surface area contributed by atoms with E-state index in [0.29, 0.717) is 6.54 Å². The molecule has 34 heavy (non-hydrogen) atoms. The number of nitrogens with zero attached hydrogens (tertiary/aromatic N) is 3. The Hall–Kier alpha value is -3.46. The molecule has 2 amide bonds. The van der Waals surface area contributed by atoms with Crippen LogP contribution in [0.3, 0.4) is 0 Å². The standard InChI is InChI=1S/C25H25BrN4O4/c1-3-34-23(32)20-13-21-22(31)29(15-18-11-7-8-12-19(18)26)25(2,16-30(21)28-20)24(33)27-14-17-9-5-4-6-10-17/h4-13H,3,14-16H2,1-2H3,(H,27,33)/t25-/m1/s1. The summed E-state index contributed by atoms with van der Waals surface area (Å²) < 4.78 is 7.30. The van der Waals surface area contributed by atoms with Gasteiger partial charge in [-0.2, -0.15) is 5.10 Å². The van der Waals surface area contributed by atoms with Crippen molar-refractivity contribution in [3.05, 3.63) is 87.7 Å². The van der Waals surface area contributed by atoms with Gasteiger partial charge in [0.15, 0.2) is 5.69 Å². The van der Waals surface area contributed by atoms with Gasteiger partial charge in [0.2, 0.25) is 5.91 Å². The zero-order chi connectivity index (χ0) is 24.3. The highest BCUT2D eigenvalue weighted by molar-refractivity contribution is 9.10. The molecule has 176 valence electrons. The minimum absolute atomic E-state index is 0.0417. The summed E-state index contributed by atoms with van der Waals surface area (Å²) in [6.45, 7) is 4.24. The summed E-state index contributed by atoms with van der Waals surface area (Å²) in [6.07, 6.45) is 0. The van der Waals surface area contributed by atoms with Crippen LogP contribution in [-0.2, 0) is 29.2 Å². The number of carbonyl (C=O) groups excluding carboxylic acids is 3. The third kappa shape index (κ3) is 4.61. The summed E-state index contributed by atoms with van der Waals surface area (Å²) in [4.78, 5) is 40.9. The lowest BCUT2D eigenvalue weighted by Crippen LogP contribution is -2.63. The molecule has 9 heteroatoms. The molecule has 4 rings (SSSR count). The monoisotopic (exact) mass is 524 g/mol. The molecule has 0 radical (unpaired) electrons. The van der Waals surface area contributed by atoms with Crippen molar-refractivity contribution in [3.8, 4) is 0 Å². The molecule has 1 N–H and O–H groups in total. The van der Waals surface area contributed by atoms with E-state index in [0.717, 1.165) is 15.6 Å². The number of ether oxygens (including phenoxy) is 1. The van der Waals surface area contributed by atoms with E-state index in [1.54, 1.807) is 18.7 Å². The van der Waals surface area contributed by atoms with E-state index in [4.69, 9.17) is 4.74 Å². The Kier molecular flexibility index (Phi) is 6.83. The van der Waals surface area contributed by atoms with Crippen LogP contribution in [0.5, 0.6) is 0 Å². The number of carbonyl (C=O) groups is 3. The van der Waals surface area contributed by atoms with Crippen LogP contribution in [0, 0.1) is 0 Å². The van der Waals surface area contributed by atoms with Gasteiger partial charge in [0.05, 0.1) is 13.2 Å². The van der Waals surface area contributed by atoms with Crippen LogP contribution in [0.2, 0.25) is 0 Å². The maximum atomic E-state index is 13.6. The first-order valence-electron chi connectivity index (χ1n) is 11.0. The predicted molar refractivity (Wildman–Crippen MR) is 129 cm³/mol. The zero-order valence-corrected chi connectivity index (χ0v) is 20.5. The Balaban J connectivity index is 1.69. The van der Waals surface area contributed by atoms with Crippen LogP contribution in [0.1, 0.15) is 46.0 Å². The van der Waals surface area contributed by atoms with Gasteiger partial charge in [-0.1, -0.05) is 64.5 Å². The lowest BCUT2D eigenvalue weighted by Gasteiger charge is -2.43. The van der Waals surface area contributed by atoms with E-state index in [-0.39, 0.29) is 42.9 Å². The second-order valence-corrected chi connectivity index (χ2v) is 9.07. The number of hydrogen-bond donors (Lipinski definition) is 1. The molecule has 0 fully saturated rings. The first kappa shape index (κ1) is 23.7. The summed E-state index contributed by atoms with van der Waals surface area (Å²) in [7, 11) is 0. The van der Waals surface area contributed by atoms with Crippen molar-refractivity contribution < 1.29 is 19.1 Å². The van der Waals surface area contributed by atoms with Gasteiger partial charge in [-0.25, -0.2) is 4.79 Å². The van der Waals surface area contributed by atoms with Gasteiger partial charge < -0.3 is 15.0 Å². The van der Waals surface area contributed by atoms with Crippen molar-refractivity contribution in [2.45, 2.75) is 39.0 Å². The van der Waals surface area contributed by atoms with Crippen LogP contribution in [0.25, 0.3) is 0 Å². The van der Waals surface area contributed by atoms with Crippen molar-refractivity contribution in [1.29, 1.82) is 0 Å². The lowest BCUT2D eigenvalue weighted by molar-refractivity contribution is -0.133. The number of halogens is 1. The van der Waals surface area contributed by atoms with Crippen molar-refractivity contribution in [2.24, 2.45) is 0 Å². The molecule has 2 aromatic carbocycles. The maximum Gasteiger partial charge on any atom is 0.358 e. The van der Waals surface area contributed by atoms with Crippen molar-refractivity contribution in [2.75, 3.05) is 6.61 Å². The number of aromatic nitrogens is 2. The van der Waals surface area contributed by atoms with Gasteiger partial charge in [-0.3, -0.25) is 14.3 Å². The molecular weight excluding hydrogens is 500 g/mol. The first-order chi connectivity index (χ1) is 16.3. The first-order valence-corrected chi connectivity index (χ1v) is 11.8. The summed E-state index contributed by atoms with van der Waals surface area (Å²) in [6, 6.07) is 18.5. The number of amides is 2. The quantitative estimate of drug-likeness (QED) is 0.477. The second-order valence-electron chi connectivity index (χ2n) is 8.22. The van der Waals surface area contributed by atoms with E-state index < -0.39 is 11.5 Å².